The van der Waals surface area contributed by atoms with Gasteiger partial charge in [0.2, 0.25) is 0 Å². The molecule has 7 nitrogen and oxygen atoms in total. The number of fused-ring (bicyclic) bond motifs is 1. The van der Waals surface area contributed by atoms with Crippen LogP contribution in [0.15, 0.2) is 47.8 Å². The van der Waals surface area contributed by atoms with Crippen molar-refractivity contribution in [1.82, 2.24) is 25.0 Å². The number of carbonyl (C=O) groups is 1. The Morgan fingerprint density at radius 2 is 2.03 bits per heavy atom. The second-order valence-electron chi connectivity index (χ2n) is 7.12. The molecular weight excluding hydrogens is 386 g/mol. The minimum Gasteiger partial charge on any atom is -0.484 e. The largest absolute Gasteiger partial charge is 0.484 e. The molecule has 0 unspecified atom stereocenters. The standard InChI is InChI=1S/C21H25N5O2S/c1-16(22-20(27)15-28-17-6-3-2-4-7-17)21-24-23-19-9-10-25(11-12-26(19)21)14-18-8-5-13-29-18/h2-8,13,16H,9-12,14-15H2,1H3,(H,22,27)/t16-/m1/s1. The second kappa shape index (κ2) is 9.19. The summed E-state index contributed by atoms with van der Waals surface area (Å²) in [5, 5.41) is 13.8. The van der Waals surface area contributed by atoms with E-state index in [1.54, 1.807) is 11.3 Å². The van der Waals surface area contributed by atoms with Gasteiger partial charge in [0.05, 0.1) is 6.04 Å². The summed E-state index contributed by atoms with van der Waals surface area (Å²) < 4.78 is 7.67. The molecule has 1 aliphatic heterocycles. The quantitative estimate of drug-likeness (QED) is 0.647. The van der Waals surface area contributed by atoms with E-state index in [4.69, 9.17) is 4.74 Å². The first-order valence-corrected chi connectivity index (χ1v) is 10.7. The number of para-hydroxylation sites is 1. The van der Waals surface area contributed by atoms with E-state index in [0.29, 0.717) is 5.75 Å². The van der Waals surface area contributed by atoms with Crippen LogP contribution in [0.3, 0.4) is 0 Å². The van der Waals surface area contributed by atoms with Crippen LogP contribution >= 0.6 is 11.3 Å². The molecule has 1 aromatic carbocycles. The van der Waals surface area contributed by atoms with Gasteiger partial charge < -0.3 is 14.6 Å². The van der Waals surface area contributed by atoms with Gasteiger partial charge in [-0.2, -0.15) is 0 Å². The number of nitrogens with zero attached hydrogens (tertiary/aromatic N) is 4. The van der Waals surface area contributed by atoms with Gasteiger partial charge in [-0.15, -0.1) is 21.5 Å². The number of carbonyl (C=O) groups excluding carboxylic acids is 1. The van der Waals surface area contributed by atoms with Gasteiger partial charge >= 0.3 is 0 Å². The van der Waals surface area contributed by atoms with Gasteiger partial charge in [0.15, 0.2) is 12.4 Å². The van der Waals surface area contributed by atoms with Crippen LogP contribution in [0, 0.1) is 0 Å². The van der Waals surface area contributed by atoms with Crippen molar-refractivity contribution in [3.05, 3.63) is 64.4 Å². The third-order valence-corrected chi connectivity index (χ3v) is 5.85. The molecule has 1 N–H and O–H groups in total. The molecule has 152 valence electrons. The monoisotopic (exact) mass is 411 g/mol. The van der Waals surface area contributed by atoms with Gasteiger partial charge in [-0.1, -0.05) is 24.3 Å². The maximum Gasteiger partial charge on any atom is 0.258 e. The van der Waals surface area contributed by atoms with Crippen molar-refractivity contribution in [3.63, 3.8) is 0 Å². The maximum absolute atomic E-state index is 12.3. The summed E-state index contributed by atoms with van der Waals surface area (Å²) in [6.07, 6.45) is 0.857. The van der Waals surface area contributed by atoms with E-state index in [1.807, 2.05) is 37.3 Å². The lowest BCUT2D eigenvalue weighted by atomic mass is 10.3. The molecule has 4 rings (SSSR count). The lowest BCUT2D eigenvalue weighted by Crippen LogP contribution is -2.33. The molecule has 0 fully saturated rings. The van der Waals surface area contributed by atoms with E-state index in [0.717, 1.165) is 44.2 Å². The minimum absolute atomic E-state index is 0.0239. The van der Waals surface area contributed by atoms with Crippen molar-refractivity contribution < 1.29 is 9.53 Å². The van der Waals surface area contributed by atoms with Crippen LogP contribution in [-0.2, 0) is 24.3 Å². The molecular formula is C21H25N5O2S. The number of aromatic nitrogens is 3. The van der Waals surface area contributed by atoms with Crippen molar-refractivity contribution >= 4 is 17.2 Å². The van der Waals surface area contributed by atoms with Crippen molar-refractivity contribution in [1.29, 1.82) is 0 Å². The summed E-state index contributed by atoms with van der Waals surface area (Å²) in [4.78, 5) is 16.1. The van der Waals surface area contributed by atoms with E-state index < -0.39 is 0 Å². The zero-order valence-corrected chi connectivity index (χ0v) is 17.3. The zero-order chi connectivity index (χ0) is 20.1. The number of hydrogen-bond acceptors (Lipinski definition) is 6. The van der Waals surface area contributed by atoms with E-state index in [1.165, 1.54) is 4.88 Å². The van der Waals surface area contributed by atoms with Crippen LogP contribution in [0.2, 0.25) is 0 Å². The third-order valence-electron chi connectivity index (χ3n) is 4.98. The fraction of sp³-hybridized carbons (Fsp3) is 0.381. The Morgan fingerprint density at radius 1 is 1.17 bits per heavy atom. The molecule has 1 atom stereocenters. The molecule has 29 heavy (non-hydrogen) atoms. The van der Waals surface area contributed by atoms with Crippen LogP contribution in [0.4, 0.5) is 0 Å². The molecule has 0 aliphatic carbocycles. The van der Waals surface area contributed by atoms with Gasteiger partial charge in [-0.05, 0) is 30.5 Å². The normalized spacial score (nSPS) is 15.3. The summed E-state index contributed by atoms with van der Waals surface area (Å²) in [7, 11) is 0. The Balaban J connectivity index is 1.33. The summed E-state index contributed by atoms with van der Waals surface area (Å²) in [5.41, 5.74) is 0. The third kappa shape index (κ3) is 5.02. The summed E-state index contributed by atoms with van der Waals surface area (Å²) in [6.45, 7) is 5.60. The molecule has 0 radical (unpaired) electrons. The fourth-order valence-electron chi connectivity index (χ4n) is 3.50. The van der Waals surface area contributed by atoms with Crippen molar-refractivity contribution in [2.45, 2.75) is 32.5 Å². The van der Waals surface area contributed by atoms with Crippen LogP contribution in [0.25, 0.3) is 0 Å². The molecule has 2 aromatic heterocycles. The van der Waals surface area contributed by atoms with Gasteiger partial charge in [-0.25, -0.2) is 0 Å². The minimum atomic E-state index is -0.230. The smallest absolute Gasteiger partial charge is 0.258 e. The van der Waals surface area contributed by atoms with E-state index >= 15 is 0 Å². The van der Waals surface area contributed by atoms with E-state index in [-0.39, 0.29) is 18.6 Å². The predicted octanol–water partition coefficient (Wildman–Crippen LogP) is 2.65. The van der Waals surface area contributed by atoms with E-state index in [9.17, 15) is 4.79 Å². The van der Waals surface area contributed by atoms with E-state index in [2.05, 4.69) is 42.5 Å². The molecule has 3 aromatic rings. The van der Waals surface area contributed by atoms with Crippen molar-refractivity contribution in [3.8, 4) is 5.75 Å². The molecule has 0 spiro atoms. The highest BCUT2D eigenvalue weighted by atomic mass is 32.1. The number of benzene rings is 1. The Hall–Kier alpha value is -2.71. The highest BCUT2D eigenvalue weighted by Crippen LogP contribution is 2.18. The van der Waals surface area contributed by atoms with Gasteiger partial charge in [-0.3, -0.25) is 9.69 Å². The Morgan fingerprint density at radius 3 is 2.83 bits per heavy atom. The maximum atomic E-state index is 12.3. The number of ether oxygens (including phenoxy) is 1. The Kier molecular flexibility index (Phi) is 6.21. The van der Waals surface area contributed by atoms with Crippen LogP contribution in [-0.4, -0.2) is 45.3 Å². The van der Waals surface area contributed by atoms with Gasteiger partial charge in [0, 0.05) is 37.5 Å². The molecule has 0 saturated carbocycles. The number of rotatable bonds is 7. The number of thiophene rings is 1. The van der Waals surface area contributed by atoms with Crippen molar-refractivity contribution in [2.24, 2.45) is 0 Å². The zero-order valence-electron chi connectivity index (χ0n) is 16.5. The van der Waals surface area contributed by atoms with Crippen LogP contribution in [0.1, 0.15) is 29.5 Å². The highest BCUT2D eigenvalue weighted by Gasteiger charge is 2.23. The highest BCUT2D eigenvalue weighted by molar-refractivity contribution is 7.09. The average molecular weight is 412 g/mol. The SMILES string of the molecule is C[C@@H](NC(=O)COc1ccccc1)c1nnc2n1CCN(Cc1cccs1)CC2. The average Bonchev–Trinajstić information content (AvgIpc) is 3.34. The second-order valence-corrected chi connectivity index (χ2v) is 8.15. The molecule has 3 heterocycles. The topological polar surface area (TPSA) is 72.3 Å². The lowest BCUT2D eigenvalue weighted by molar-refractivity contribution is -0.123. The Bertz CT molecular complexity index is 926. The summed E-state index contributed by atoms with van der Waals surface area (Å²) >= 11 is 1.79. The number of hydrogen-bond donors (Lipinski definition) is 1. The summed E-state index contributed by atoms with van der Waals surface area (Å²) in [5.74, 6) is 2.28. The molecule has 1 amide bonds. The Labute approximate surface area is 174 Å². The first-order chi connectivity index (χ1) is 14.2. The van der Waals surface area contributed by atoms with Crippen molar-refractivity contribution in [2.75, 3.05) is 19.7 Å². The molecule has 8 heteroatoms. The molecule has 0 bridgehead atoms. The van der Waals surface area contributed by atoms with Crippen LogP contribution < -0.4 is 10.1 Å². The van der Waals surface area contributed by atoms with Crippen LogP contribution in [0.5, 0.6) is 5.75 Å². The molecule has 1 aliphatic rings. The predicted molar refractivity (Wildman–Crippen MR) is 112 cm³/mol. The number of nitrogens with one attached hydrogen (secondary N) is 1. The number of amides is 1. The molecule has 0 saturated heterocycles. The van der Waals surface area contributed by atoms with Gasteiger partial charge in [0.1, 0.15) is 11.6 Å². The summed E-state index contributed by atoms with van der Waals surface area (Å²) in [6, 6.07) is 13.4. The lowest BCUT2D eigenvalue weighted by Gasteiger charge is -2.19. The fourth-order valence-corrected chi connectivity index (χ4v) is 4.25. The van der Waals surface area contributed by atoms with Gasteiger partial charge in [0.25, 0.3) is 5.91 Å². The first kappa shape index (κ1) is 19.6. The first-order valence-electron chi connectivity index (χ1n) is 9.83.